The standard InChI is InChI=1S/C12H15BrF3N/c1-7(2)3-11(17)8-4-9(12(14,15)16)6-10(13)5-8/h4-7,11H,3,17H2,1-2H3/t11-/m0/s1. The van der Waals surface area contributed by atoms with Crippen LogP contribution in [0.15, 0.2) is 22.7 Å². The number of halogens is 4. The molecule has 0 aliphatic heterocycles. The van der Waals surface area contributed by atoms with Crippen LogP contribution >= 0.6 is 15.9 Å². The molecule has 0 bridgehead atoms. The smallest absolute Gasteiger partial charge is 0.324 e. The molecule has 1 atom stereocenters. The number of alkyl halides is 3. The predicted molar refractivity (Wildman–Crippen MR) is 65.5 cm³/mol. The summed E-state index contributed by atoms with van der Waals surface area (Å²) in [6, 6.07) is 3.46. The molecule has 0 amide bonds. The fourth-order valence-corrected chi connectivity index (χ4v) is 2.14. The molecule has 0 radical (unpaired) electrons. The molecule has 1 rings (SSSR count). The monoisotopic (exact) mass is 309 g/mol. The zero-order chi connectivity index (χ0) is 13.2. The molecule has 1 aromatic rings. The molecule has 0 aliphatic rings. The average molecular weight is 310 g/mol. The minimum absolute atomic E-state index is 0.346. The van der Waals surface area contributed by atoms with E-state index >= 15 is 0 Å². The molecule has 17 heavy (non-hydrogen) atoms. The summed E-state index contributed by atoms with van der Waals surface area (Å²) < 4.78 is 38.2. The Morgan fingerprint density at radius 2 is 1.82 bits per heavy atom. The summed E-state index contributed by atoms with van der Waals surface area (Å²) in [6.45, 7) is 3.98. The molecular weight excluding hydrogens is 295 g/mol. The molecule has 96 valence electrons. The number of rotatable bonds is 3. The Bertz CT molecular complexity index is 388. The van der Waals surface area contributed by atoms with E-state index in [1.165, 1.54) is 0 Å². The molecule has 2 N–H and O–H groups in total. The summed E-state index contributed by atoms with van der Waals surface area (Å²) in [5.74, 6) is 0.346. The quantitative estimate of drug-likeness (QED) is 0.873. The Balaban J connectivity index is 3.05. The van der Waals surface area contributed by atoms with E-state index in [0.717, 1.165) is 12.1 Å². The van der Waals surface area contributed by atoms with Crippen LogP contribution in [0, 0.1) is 5.92 Å². The zero-order valence-electron chi connectivity index (χ0n) is 9.68. The predicted octanol–water partition coefficient (Wildman–Crippen LogP) is 4.51. The molecule has 5 heteroatoms. The van der Waals surface area contributed by atoms with Gasteiger partial charge in [0.1, 0.15) is 0 Å². The fourth-order valence-electron chi connectivity index (χ4n) is 1.63. The molecule has 0 saturated heterocycles. The first-order valence-electron chi connectivity index (χ1n) is 5.33. The second-order valence-electron chi connectivity index (χ2n) is 4.51. The fraction of sp³-hybridized carbons (Fsp3) is 0.500. The van der Waals surface area contributed by atoms with Crippen molar-refractivity contribution in [2.45, 2.75) is 32.5 Å². The Labute approximate surface area is 107 Å². The van der Waals surface area contributed by atoms with Crippen LogP contribution in [0.3, 0.4) is 0 Å². The van der Waals surface area contributed by atoms with Gasteiger partial charge in [0.05, 0.1) is 5.56 Å². The van der Waals surface area contributed by atoms with Gasteiger partial charge in [0.25, 0.3) is 0 Å². The van der Waals surface area contributed by atoms with Crippen molar-refractivity contribution in [2.24, 2.45) is 11.7 Å². The van der Waals surface area contributed by atoms with E-state index in [1.54, 1.807) is 6.07 Å². The number of benzene rings is 1. The number of hydrogen-bond acceptors (Lipinski definition) is 1. The molecule has 0 unspecified atom stereocenters. The van der Waals surface area contributed by atoms with E-state index in [0.29, 0.717) is 22.4 Å². The third-order valence-electron chi connectivity index (χ3n) is 2.40. The van der Waals surface area contributed by atoms with Crippen LogP contribution in [-0.4, -0.2) is 0 Å². The highest BCUT2D eigenvalue weighted by Crippen LogP contribution is 2.33. The van der Waals surface area contributed by atoms with E-state index in [2.05, 4.69) is 15.9 Å². The van der Waals surface area contributed by atoms with Crippen molar-refractivity contribution in [3.05, 3.63) is 33.8 Å². The zero-order valence-corrected chi connectivity index (χ0v) is 11.3. The van der Waals surface area contributed by atoms with Crippen molar-refractivity contribution in [1.29, 1.82) is 0 Å². The summed E-state index contributed by atoms with van der Waals surface area (Å²) >= 11 is 3.08. The maximum Gasteiger partial charge on any atom is 0.416 e. The van der Waals surface area contributed by atoms with Gasteiger partial charge < -0.3 is 5.73 Å². The summed E-state index contributed by atoms with van der Waals surface area (Å²) in [6.07, 6.45) is -3.68. The van der Waals surface area contributed by atoms with Crippen LogP contribution in [0.4, 0.5) is 13.2 Å². The molecule has 1 aromatic carbocycles. The second kappa shape index (κ2) is 5.40. The van der Waals surface area contributed by atoms with E-state index in [4.69, 9.17) is 5.73 Å². The van der Waals surface area contributed by atoms with Gasteiger partial charge in [-0.05, 0) is 36.1 Å². The van der Waals surface area contributed by atoms with Crippen molar-refractivity contribution in [2.75, 3.05) is 0 Å². The molecule has 0 fully saturated rings. The van der Waals surface area contributed by atoms with Crippen molar-refractivity contribution in [3.8, 4) is 0 Å². The van der Waals surface area contributed by atoms with Gasteiger partial charge >= 0.3 is 6.18 Å². The lowest BCUT2D eigenvalue weighted by Crippen LogP contribution is -2.14. The summed E-state index contributed by atoms with van der Waals surface area (Å²) in [4.78, 5) is 0. The normalized spacial score (nSPS) is 14.1. The molecule has 0 heterocycles. The lowest BCUT2D eigenvalue weighted by Gasteiger charge is -2.17. The van der Waals surface area contributed by atoms with Gasteiger partial charge in [-0.3, -0.25) is 0 Å². The number of nitrogens with two attached hydrogens (primary N) is 1. The highest BCUT2D eigenvalue weighted by molar-refractivity contribution is 9.10. The minimum Gasteiger partial charge on any atom is -0.324 e. The largest absolute Gasteiger partial charge is 0.416 e. The van der Waals surface area contributed by atoms with Crippen LogP contribution in [0.1, 0.15) is 37.4 Å². The Kier molecular flexibility index (Phi) is 4.61. The first kappa shape index (κ1) is 14.5. The molecule has 1 nitrogen and oxygen atoms in total. The molecule has 0 saturated carbocycles. The Hall–Kier alpha value is -0.550. The van der Waals surface area contributed by atoms with Gasteiger partial charge in [-0.25, -0.2) is 0 Å². The van der Waals surface area contributed by atoms with Crippen molar-refractivity contribution >= 4 is 15.9 Å². The van der Waals surface area contributed by atoms with Crippen LogP contribution in [0.5, 0.6) is 0 Å². The van der Waals surface area contributed by atoms with Gasteiger partial charge in [-0.15, -0.1) is 0 Å². The lowest BCUT2D eigenvalue weighted by molar-refractivity contribution is -0.137. The average Bonchev–Trinajstić information content (AvgIpc) is 2.14. The summed E-state index contributed by atoms with van der Waals surface area (Å²) in [5.41, 5.74) is 5.74. The van der Waals surface area contributed by atoms with E-state index in [9.17, 15) is 13.2 Å². The topological polar surface area (TPSA) is 26.0 Å². The SMILES string of the molecule is CC(C)C[C@H](N)c1cc(Br)cc(C(F)(F)F)c1. The van der Waals surface area contributed by atoms with Crippen LogP contribution in [0.25, 0.3) is 0 Å². The second-order valence-corrected chi connectivity index (χ2v) is 5.42. The molecular formula is C12H15BrF3N. The minimum atomic E-state index is -4.34. The Morgan fingerprint density at radius 1 is 1.24 bits per heavy atom. The number of hydrogen-bond donors (Lipinski definition) is 1. The van der Waals surface area contributed by atoms with Crippen molar-refractivity contribution in [1.82, 2.24) is 0 Å². The third-order valence-corrected chi connectivity index (χ3v) is 2.86. The molecule has 0 aliphatic carbocycles. The highest BCUT2D eigenvalue weighted by Gasteiger charge is 2.31. The van der Waals surface area contributed by atoms with Crippen LogP contribution < -0.4 is 5.73 Å². The lowest BCUT2D eigenvalue weighted by atomic mass is 9.96. The third kappa shape index (κ3) is 4.32. The van der Waals surface area contributed by atoms with Gasteiger partial charge in [0.2, 0.25) is 0 Å². The highest BCUT2D eigenvalue weighted by atomic mass is 79.9. The first-order chi connectivity index (χ1) is 7.70. The van der Waals surface area contributed by atoms with Gasteiger partial charge in [-0.1, -0.05) is 29.8 Å². The van der Waals surface area contributed by atoms with Crippen LogP contribution in [0.2, 0.25) is 0 Å². The van der Waals surface area contributed by atoms with Gasteiger partial charge in [0.15, 0.2) is 0 Å². The Morgan fingerprint density at radius 3 is 2.29 bits per heavy atom. The van der Waals surface area contributed by atoms with Gasteiger partial charge in [0, 0.05) is 10.5 Å². The van der Waals surface area contributed by atoms with E-state index < -0.39 is 11.7 Å². The first-order valence-corrected chi connectivity index (χ1v) is 6.12. The summed E-state index contributed by atoms with van der Waals surface area (Å²) in [7, 11) is 0. The summed E-state index contributed by atoms with van der Waals surface area (Å²) in [5, 5.41) is 0. The van der Waals surface area contributed by atoms with Crippen molar-refractivity contribution < 1.29 is 13.2 Å². The van der Waals surface area contributed by atoms with Crippen molar-refractivity contribution in [3.63, 3.8) is 0 Å². The molecule has 0 spiro atoms. The maximum absolute atomic E-state index is 12.6. The van der Waals surface area contributed by atoms with E-state index in [-0.39, 0.29) is 6.04 Å². The maximum atomic E-state index is 12.6. The van der Waals surface area contributed by atoms with E-state index in [1.807, 2.05) is 13.8 Å². The molecule has 0 aromatic heterocycles. The van der Waals surface area contributed by atoms with Crippen LogP contribution in [-0.2, 0) is 6.18 Å². The van der Waals surface area contributed by atoms with Gasteiger partial charge in [-0.2, -0.15) is 13.2 Å².